The van der Waals surface area contributed by atoms with Crippen LogP contribution in [0.2, 0.25) is 0 Å². The van der Waals surface area contributed by atoms with Crippen LogP contribution in [0.1, 0.15) is 6.42 Å². The number of carbonyl (C=O) groups excluding carboxylic acids is 1. The molecule has 0 saturated carbocycles. The Morgan fingerprint density at radius 3 is 2.46 bits per heavy atom. The number of nitrogens with one attached hydrogen (secondary N) is 1. The van der Waals surface area contributed by atoms with E-state index in [9.17, 15) is 4.79 Å². The number of piperazine rings is 1. The maximum Gasteiger partial charge on any atom is 0.264 e. The number of anilines is 1. The van der Waals surface area contributed by atoms with Crippen molar-refractivity contribution in [1.29, 1.82) is 0 Å². The third-order valence-corrected chi connectivity index (χ3v) is 5.25. The summed E-state index contributed by atoms with van der Waals surface area (Å²) in [6.45, 7) is 6.10. The molecule has 1 amide bonds. The zero-order valence-corrected chi connectivity index (χ0v) is 16.0. The minimum absolute atomic E-state index is 0.108. The van der Waals surface area contributed by atoms with Crippen molar-refractivity contribution in [3.63, 3.8) is 0 Å². The summed E-state index contributed by atoms with van der Waals surface area (Å²) >= 11 is 0. The zero-order valence-electron chi connectivity index (χ0n) is 16.0. The monoisotopic (exact) mass is 381 g/mol. The van der Waals surface area contributed by atoms with E-state index in [1.54, 1.807) is 0 Å². The van der Waals surface area contributed by atoms with Gasteiger partial charge in [-0.15, -0.1) is 0 Å². The van der Waals surface area contributed by atoms with Gasteiger partial charge in [0.2, 0.25) is 6.10 Å². The van der Waals surface area contributed by atoms with Gasteiger partial charge in [0.1, 0.15) is 6.61 Å². The van der Waals surface area contributed by atoms with Crippen molar-refractivity contribution >= 4 is 11.6 Å². The molecule has 2 aliphatic rings. The summed E-state index contributed by atoms with van der Waals surface area (Å²) in [5.41, 5.74) is 1.30. The summed E-state index contributed by atoms with van der Waals surface area (Å²) in [5.74, 6) is 1.22. The maximum atomic E-state index is 12.3. The number of hydrogen-bond acceptors (Lipinski definition) is 5. The lowest BCUT2D eigenvalue weighted by Crippen LogP contribution is -2.47. The summed E-state index contributed by atoms with van der Waals surface area (Å²) in [6.07, 6.45) is 0.352. The molecule has 6 nitrogen and oxygen atoms in total. The van der Waals surface area contributed by atoms with E-state index >= 15 is 0 Å². The second-order valence-electron chi connectivity index (χ2n) is 7.17. The molecular formula is C22H27N3O3. The van der Waals surface area contributed by atoms with Crippen LogP contribution in [0, 0.1) is 0 Å². The lowest BCUT2D eigenvalue weighted by atomic mass is 10.2. The quantitative estimate of drug-likeness (QED) is 0.777. The molecule has 0 aromatic heterocycles. The molecule has 2 aliphatic heterocycles. The number of rotatable bonds is 6. The van der Waals surface area contributed by atoms with Crippen LogP contribution in [0.5, 0.6) is 11.5 Å². The predicted molar refractivity (Wildman–Crippen MR) is 109 cm³/mol. The Bertz CT molecular complexity index is 776. The topological polar surface area (TPSA) is 54.0 Å². The molecule has 28 heavy (non-hydrogen) atoms. The number of nitrogens with zero attached hydrogens (tertiary/aromatic N) is 2. The Hall–Kier alpha value is -2.73. The van der Waals surface area contributed by atoms with E-state index < -0.39 is 6.10 Å². The second-order valence-corrected chi connectivity index (χ2v) is 7.17. The fourth-order valence-electron chi connectivity index (χ4n) is 3.65. The Kier molecular flexibility index (Phi) is 5.97. The van der Waals surface area contributed by atoms with Crippen LogP contribution in [0.3, 0.4) is 0 Å². The maximum absolute atomic E-state index is 12.3. The molecule has 2 aromatic rings. The molecule has 2 aromatic carbocycles. The van der Waals surface area contributed by atoms with Gasteiger partial charge in [-0.2, -0.15) is 0 Å². The lowest BCUT2D eigenvalue weighted by Gasteiger charge is -2.36. The Morgan fingerprint density at radius 1 is 0.964 bits per heavy atom. The molecule has 0 aliphatic carbocycles. The largest absolute Gasteiger partial charge is 0.485 e. The first-order valence-corrected chi connectivity index (χ1v) is 9.98. The first kappa shape index (κ1) is 18.6. The molecular weight excluding hydrogens is 354 g/mol. The summed E-state index contributed by atoms with van der Waals surface area (Å²) in [5, 5.41) is 2.98. The van der Waals surface area contributed by atoms with Gasteiger partial charge in [0.05, 0.1) is 0 Å². The van der Waals surface area contributed by atoms with Crippen molar-refractivity contribution in [1.82, 2.24) is 10.2 Å². The first-order valence-electron chi connectivity index (χ1n) is 9.98. The highest BCUT2D eigenvalue weighted by Crippen LogP contribution is 2.30. The van der Waals surface area contributed by atoms with Crippen LogP contribution >= 0.6 is 0 Å². The Morgan fingerprint density at radius 2 is 1.68 bits per heavy atom. The molecule has 148 valence electrons. The molecule has 1 atom stereocenters. The van der Waals surface area contributed by atoms with Gasteiger partial charge in [0.15, 0.2) is 11.5 Å². The highest BCUT2D eigenvalue weighted by atomic mass is 16.6. The van der Waals surface area contributed by atoms with Gasteiger partial charge in [-0.3, -0.25) is 9.69 Å². The number of hydrogen-bond donors (Lipinski definition) is 1. The second kappa shape index (κ2) is 8.97. The standard InChI is InChI=1S/C22H27N3O3/c26-22(21-17-27-19-9-4-5-10-20(19)28-21)23-11-6-12-24-13-15-25(16-14-24)18-7-2-1-3-8-18/h1-5,7-10,21H,6,11-17H2,(H,23,26). The van der Waals surface area contributed by atoms with Gasteiger partial charge in [0.25, 0.3) is 5.91 Å². The van der Waals surface area contributed by atoms with Gasteiger partial charge in [-0.1, -0.05) is 30.3 Å². The van der Waals surface area contributed by atoms with Crippen LogP contribution in [-0.2, 0) is 4.79 Å². The number of fused-ring (bicyclic) bond motifs is 1. The number of benzene rings is 2. The summed E-state index contributed by atoms with van der Waals surface area (Å²) in [4.78, 5) is 17.2. The van der Waals surface area contributed by atoms with Crippen molar-refractivity contribution < 1.29 is 14.3 Å². The molecule has 1 fully saturated rings. The predicted octanol–water partition coefficient (Wildman–Crippen LogP) is 2.15. The fourth-order valence-corrected chi connectivity index (χ4v) is 3.65. The summed E-state index contributed by atoms with van der Waals surface area (Å²) in [7, 11) is 0. The molecule has 0 radical (unpaired) electrons. The van der Waals surface area contributed by atoms with Crippen LogP contribution in [0.25, 0.3) is 0 Å². The molecule has 0 spiro atoms. The molecule has 6 heteroatoms. The van der Waals surface area contributed by atoms with Crippen molar-refractivity contribution in [2.24, 2.45) is 0 Å². The van der Waals surface area contributed by atoms with Crippen LogP contribution in [-0.4, -0.2) is 62.8 Å². The van der Waals surface area contributed by atoms with E-state index in [4.69, 9.17) is 9.47 Å². The smallest absolute Gasteiger partial charge is 0.264 e. The first-order chi connectivity index (χ1) is 13.8. The van der Waals surface area contributed by atoms with Gasteiger partial charge in [0, 0.05) is 38.4 Å². The average molecular weight is 381 g/mol. The van der Waals surface area contributed by atoms with Crippen molar-refractivity contribution in [3.8, 4) is 11.5 Å². The van der Waals surface area contributed by atoms with Crippen LogP contribution in [0.15, 0.2) is 54.6 Å². The molecule has 2 heterocycles. The average Bonchev–Trinajstić information content (AvgIpc) is 2.77. The van der Waals surface area contributed by atoms with Crippen LogP contribution in [0.4, 0.5) is 5.69 Å². The Labute approximate surface area is 166 Å². The van der Waals surface area contributed by atoms with Gasteiger partial charge >= 0.3 is 0 Å². The van der Waals surface area contributed by atoms with Crippen molar-refractivity contribution in [3.05, 3.63) is 54.6 Å². The zero-order chi connectivity index (χ0) is 19.2. The SMILES string of the molecule is O=C(NCCCN1CCN(c2ccccc2)CC1)C1COc2ccccc2O1. The van der Waals surface area contributed by atoms with E-state index in [2.05, 4.69) is 45.4 Å². The number of carbonyl (C=O) groups is 1. The van der Waals surface area contributed by atoms with Crippen molar-refractivity contribution in [2.75, 3.05) is 50.8 Å². The minimum Gasteiger partial charge on any atom is -0.485 e. The van der Waals surface area contributed by atoms with E-state index in [-0.39, 0.29) is 12.5 Å². The van der Waals surface area contributed by atoms with Gasteiger partial charge < -0.3 is 19.7 Å². The lowest BCUT2D eigenvalue weighted by molar-refractivity contribution is -0.130. The van der Waals surface area contributed by atoms with E-state index in [1.807, 2.05) is 24.3 Å². The van der Waals surface area contributed by atoms with Gasteiger partial charge in [-0.25, -0.2) is 0 Å². The minimum atomic E-state index is -0.579. The van der Waals surface area contributed by atoms with Crippen molar-refractivity contribution in [2.45, 2.75) is 12.5 Å². The fraction of sp³-hybridized carbons (Fsp3) is 0.409. The highest BCUT2D eigenvalue weighted by molar-refractivity contribution is 5.81. The molecule has 1 N–H and O–H groups in total. The number of ether oxygens (including phenoxy) is 2. The third-order valence-electron chi connectivity index (χ3n) is 5.25. The van der Waals surface area contributed by atoms with E-state index in [1.165, 1.54) is 5.69 Å². The number of para-hydroxylation sites is 3. The molecule has 1 unspecified atom stereocenters. The van der Waals surface area contributed by atoms with Gasteiger partial charge in [-0.05, 0) is 37.2 Å². The summed E-state index contributed by atoms with van der Waals surface area (Å²) < 4.78 is 11.3. The number of amides is 1. The third kappa shape index (κ3) is 4.57. The molecule has 1 saturated heterocycles. The molecule has 0 bridgehead atoms. The molecule has 4 rings (SSSR count). The van der Waals surface area contributed by atoms with E-state index in [0.29, 0.717) is 18.0 Å². The Balaban J connectivity index is 1.13. The van der Waals surface area contributed by atoms with Crippen LogP contribution < -0.4 is 19.7 Å². The van der Waals surface area contributed by atoms with E-state index in [0.717, 1.165) is 39.1 Å². The normalized spacial score (nSPS) is 19.3. The summed E-state index contributed by atoms with van der Waals surface area (Å²) in [6, 6.07) is 18.0. The highest BCUT2D eigenvalue weighted by Gasteiger charge is 2.27.